The molecule has 4 rings (SSSR count). The maximum absolute atomic E-state index is 13.8. The van der Waals surface area contributed by atoms with Gasteiger partial charge in [0.15, 0.2) is 5.82 Å². The summed E-state index contributed by atoms with van der Waals surface area (Å²) in [6.45, 7) is 3.66. The topological polar surface area (TPSA) is 85.2 Å². The van der Waals surface area contributed by atoms with Crippen LogP contribution in [0.15, 0.2) is 36.7 Å². The molecule has 3 heterocycles. The van der Waals surface area contributed by atoms with Crippen molar-refractivity contribution in [3.8, 4) is 11.6 Å². The van der Waals surface area contributed by atoms with Crippen molar-refractivity contribution in [2.75, 3.05) is 25.5 Å². The minimum atomic E-state index is -4.65. The van der Waals surface area contributed by atoms with Crippen molar-refractivity contribution in [3.63, 3.8) is 0 Å². The molecule has 1 aromatic carbocycles. The second-order valence-electron chi connectivity index (χ2n) is 7.82. The molecule has 0 aliphatic carbocycles. The summed E-state index contributed by atoms with van der Waals surface area (Å²) in [4.78, 5) is 19.5. The molecule has 0 unspecified atom stereocenters. The molecule has 0 bridgehead atoms. The normalized spacial score (nSPS) is 14.5. The summed E-state index contributed by atoms with van der Waals surface area (Å²) in [7, 11) is 1.22. The highest BCUT2D eigenvalue weighted by atomic mass is 19.4. The Hall–Kier alpha value is -3.47. The van der Waals surface area contributed by atoms with Gasteiger partial charge in [0, 0.05) is 23.5 Å². The van der Waals surface area contributed by atoms with Gasteiger partial charge in [0.1, 0.15) is 5.75 Å². The van der Waals surface area contributed by atoms with Crippen LogP contribution in [0.5, 0.6) is 5.75 Å². The molecule has 1 amide bonds. The number of halogens is 3. The molecule has 3 aromatic rings. The number of likely N-dealkylation sites (tertiary alicyclic amines) is 1. The van der Waals surface area contributed by atoms with E-state index in [0.29, 0.717) is 17.8 Å². The smallest absolute Gasteiger partial charge is 0.420 e. The highest BCUT2D eigenvalue weighted by Gasteiger charge is 2.36. The number of aryl methyl sites for hydroxylation is 1. The molecular formula is C22H23F3N6O2. The van der Waals surface area contributed by atoms with Crippen molar-refractivity contribution in [2.45, 2.75) is 32.5 Å². The van der Waals surface area contributed by atoms with Crippen LogP contribution in [0.3, 0.4) is 0 Å². The van der Waals surface area contributed by atoms with Gasteiger partial charge in [0.05, 0.1) is 30.6 Å². The average molecular weight is 460 g/mol. The van der Waals surface area contributed by atoms with Gasteiger partial charge in [0.25, 0.3) is 5.91 Å². The number of carbonyl (C=O) groups excluding carboxylic acids is 1. The number of anilines is 1. The zero-order chi connectivity index (χ0) is 23.6. The van der Waals surface area contributed by atoms with Crippen LogP contribution in [0, 0.1) is 6.92 Å². The highest BCUT2D eigenvalue weighted by Crippen LogP contribution is 2.41. The van der Waals surface area contributed by atoms with Gasteiger partial charge in [0.2, 0.25) is 0 Å². The Morgan fingerprint density at radius 2 is 1.97 bits per heavy atom. The molecule has 174 valence electrons. The number of carbonyl (C=O) groups is 1. The fraction of sp³-hybridized carbons (Fsp3) is 0.364. The van der Waals surface area contributed by atoms with Gasteiger partial charge in [-0.15, -0.1) is 5.10 Å². The number of nitrogens with one attached hydrogen (secondary N) is 1. The molecule has 1 saturated heterocycles. The van der Waals surface area contributed by atoms with E-state index in [1.807, 2.05) is 0 Å². The van der Waals surface area contributed by atoms with Gasteiger partial charge >= 0.3 is 6.18 Å². The summed E-state index contributed by atoms with van der Waals surface area (Å²) in [5.41, 5.74) is 0.247. The van der Waals surface area contributed by atoms with Crippen LogP contribution in [-0.2, 0) is 12.7 Å². The van der Waals surface area contributed by atoms with Gasteiger partial charge in [-0.1, -0.05) is 5.21 Å². The van der Waals surface area contributed by atoms with Crippen LogP contribution in [0.4, 0.5) is 18.9 Å². The summed E-state index contributed by atoms with van der Waals surface area (Å²) < 4.78 is 48.0. The summed E-state index contributed by atoms with van der Waals surface area (Å²) in [5.74, 6) is -0.613. The molecule has 1 aliphatic rings. The van der Waals surface area contributed by atoms with E-state index in [1.54, 1.807) is 19.1 Å². The van der Waals surface area contributed by atoms with E-state index >= 15 is 0 Å². The van der Waals surface area contributed by atoms with E-state index in [0.717, 1.165) is 32.0 Å². The first-order valence-corrected chi connectivity index (χ1v) is 10.4. The Labute approximate surface area is 188 Å². The molecular weight excluding hydrogens is 437 g/mol. The fourth-order valence-electron chi connectivity index (χ4n) is 3.93. The predicted molar refractivity (Wildman–Crippen MR) is 114 cm³/mol. The Kier molecular flexibility index (Phi) is 6.32. The van der Waals surface area contributed by atoms with Crippen LogP contribution >= 0.6 is 0 Å². The second kappa shape index (κ2) is 9.18. The van der Waals surface area contributed by atoms with E-state index in [1.165, 1.54) is 30.3 Å². The molecule has 0 radical (unpaired) electrons. The van der Waals surface area contributed by atoms with Crippen LogP contribution < -0.4 is 10.1 Å². The molecule has 1 aliphatic heterocycles. The predicted octanol–water partition coefficient (Wildman–Crippen LogP) is 3.85. The Bertz CT molecular complexity index is 1140. The lowest BCUT2D eigenvalue weighted by Crippen LogP contribution is -2.21. The number of methoxy groups -OCH3 is 1. The Balaban J connectivity index is 1.71. The summed E-state index contributed by atoms with van der Waals surface area (Å²) in [5, 5.41) is 10.2. The number of aromatic nitrogens is 4. The lowest BCUT2D eigenvalue weighted by molar-refractivity contribution is -0.138. The lowest BCUT2D eigenvalue weighted by atomic mass is 10.1. The minimum Gasteiger partial charge on any atom is -0.496 e. The quantitative estimate of drug-likeness (QED) is 0.602. The van der Waals surface area contributed by atoms with Crippen LogP contribution in [-0.4, -0.2) is 51.0 Å². The molecule has 33 heavy (non-hydrogen) atoms. The number of rotatable bonds is 6. The molecule has 1 fully saturated rings. The van der Waals surface area contributed by atoms with Crippen molar-refractivity contribution in [2.24, 2.45) is 0 Å². The van der Waals surface area contributed by atoms with Crippen molar-refractivity contribution >= 4 is 11.6 Å². The van der Waals surface area contributed by atoms with Gasteiger partial charge in [-0.25, -0.2) is 9.67 Å². The third-order valence-electron chi connectivity index (χ3n) is 5.42. The number of ether oxygens (including phenoxy) is 1. The van der Waals surface area contributed by atoms with E-state index < -0.39 is 17.6 Å². The zero-order valence-corrected chi connectivity index (χ0v) is 18.2. The van der Waals surface area contributed by atoms with E-state index in [-0.39, 0.29) is 22.8 Å². The third-order valence-corrected chi connectivity index (χ3v) is 5.42. The fourth-order valence-corrected chi connectivity index (χ4v) is 3.93. The van der Waals surface area contributed by atoms with Gasteiger partial charge in [-0.3, -0.25) is 9.69 Å². The van der Waals surface area contributed by atoms with Crippen LogP contribution in [0.25, 0.3) is 5.82 Å². The van der Waals surface area contributed by atoms with Crippen molar-refractivity contribution in [1.82, 2.24) is 24.9 Å². The number of alkyl halides is 3. The molecule has 2 aromatic heterocycles. The van der Waals surface area contributed by atoms with Crippen LogP contribution in [0.1, 0.15) is 40.0 Å². The van der Waals surface area contributed by atoms with Crippen LogP contribution in [0.2, 0.25) is 0 Å². The number of nitrogens with zero attached hydrogens (tertiary/aromatic N) is 5. The average Bonchev–Trinajstić information content (AvgIpc) is 3.47. The SMILES string of the molecule is COc1c(CN2CCCC2)cc(NC(=O)c2ccc(C)nc2-n2ccnn2)cc1C(F)(F)F. The standard InChI is InChI=1S/C22H23F3N6O2/c1-14-5-6-17(20(27-14)31-10-7-26-29-31)21(32)28-16-11-15(13-30-8-3-4-9-30)19(33-2)18(12-16)22(23,24)25/h5-7,10-12H,3-4,8-9,13H2,1-2H3,(H,28,32). The first-order valence-electron chi connectivity index (χ1n) is 10.4. The summed E-state index contributed by atoms with van der Waals surface area (Å²) >= 11 is 0. The third kappa shape index (κ3) is 4.98. The van der Waals surface area contributed by atoms with Gasteiger partial charge in [-0.2, -0.15) is 13.2 Å². The summed E-state index contributed by atoms with van der Waals surface area (Å²) in [6.07, 6.45) is 0.313. The van der Waals surface area contributed by atoms with Crippen molar-refractivity contribution < 1.29 is 22.7 Å². The number of hydrogen-bond acceptors (Lipinski definition) is 6. The molecule has 8 nitrogen and oxygen atoms in total. The number of benzene rings is 1. The van der Waals surface area contributed by atoms with E-state index in [2.05, 4.69) is 25.5 Å². The Morgan fingerprint density at radius 1 is 1.21 bits per heavy atom. The maximum atomic E-state index is 13.8. The Morgan fingerprint density at radius 3 is 2.61 bits per heavy atom. The monoisotopic (exact) mass is 460 g/mol. The minimum absolute atomic E-state index is 0.0208. The number of hydrogen-bond donors (Lipinski definition) is 1. The number of pyridine rings is 1. The molecule has 11 heteroatoms. The van der Waals surface area contributed by atoms with Crippen molar-refractivity contribution in [1.29, 1.82) is 0 Å². The second-order valence-corrected chi connectivity index (χ2v) is 7.82. The molecule has 0 atom stereocenters. The number of amides is 1. The lowest BCUT2D eigenvalue weighted by Gasteiger charge is -2.21. The molecule has 1 N–H and O–H groups in total. The van der Waals surface area contributed by atoms with Gasteiger partial charge in [-0.05, 0) is 57.1 Å². The largest absolute Gasteiger partial charge is 0.496 e. The van der Waals surface area contributed by atoms with E-state index in [9.17, 15) is 18.0 Å². The van der Waals surface area contributed by atoms with Gasteiger partial charge < -0.3 is 10.1 Å². The summed E-state index contributed by atoms with van der Waals surface area (Å²) in [6, 6.07) is 5.61. The van der Waals surface area contributed by atoms with E-state index in [4.69, 9.17) is 4.74 Å². The first kappa shape index (κ1) is 22.7. The van der Waals surface area contributed by atoms with Crippen molar-refractivity contribution in [3.05, 3.63) is 59.0 Å². The molecule has 0 spiro atoms. The maximum Gasteiger partial charge on any atom is 0.420 e. The highest BCUT2D eigenvalue weighted by molar-refractivity contribution is 6.06. The zero-order valence-electron chi connectivity index (χ0n) is 18.2. The first-order chi connectivity index (χ1) is 15.8. The molecule has 0 saturated carbocycles.